The molecule has 0 saturated heterocycles. The maximum Gasteiger partial charge on any atom is 1.00 e. The zero-order chi connectivity index (χ0) is 14.8. The van der Waals surface area contributed by atoms with Gasteiger partial charge in [0, 0.05) is 5.75 Å². The van der Waals surface area contributed by atoms with Gasteiger partial charge in [-0.3, -0.25) is 0 Å². The molecule has 0 aliphatic rings. The van der Waals surface area contributed by atoms with Gasteiger partial charge in [-0.15, -0.1) is 0 Å². The van der Waals surface area contributed by atoms with Gasteiger partial charge in [-0.05, 0) is 17.0 Å². The average molecular weight is 332 g/mol. The molecule has 0 spiro atoms. The van der Waals surface area contributed by atoms with E-state index in [1.54, 1.807) is 6.92 Å². The van der Waals surface area contributed by atoms with Crippen LogP contribution in [0.15, 0.2) is 60.7 Å². The molecular formula is C15H18NaO3PS. The number of hydrogen-bond acceptors (Lipinski definition) is 3. The summed E-state index contributed by atoms with van der Waals surface area (Å²) in [6, 6.07) is 21.2. The molecule has 21 heavy (non-hydrogen) atoms. The van der Waals surface area contributed by atoms with Crippen molar-refractivity contribution in [2.45, 2.75) is 13.3 Å². The Labute approximate surface area is 151 Å². The van der Waals surface area contributed by atoms with Crippen molar-refractivity contribution in [2.75, 3.05) is 5.75 Å². The summed E-state index contributed by atoms with van der Waals surface area (Å²) in [5.74, 6) is -0.243. The van der Waals surface area contributed by atoms with Gasteiger partial charge in [0.15, 0.2) is 0 Å². The Balaban J connectivity index is 0.000000436. The molecule has 0 fully saturated rings. The predicted octanol–water partition coefficient (Wildman–Crippen LogP) is -0.738. The van der Waals surface area contributed by atoms with Crippen molar-refractivity contribution < 1.29 is 42.5 Å². The first-order valence-electron chi connectivity index (χ1n) is 6.32. The van der Waals surface area contributed by atoms with Crippen LogP contribution in [-0.4, -0.2) is 18.7 Å². The van der Waals surface area contributed by atoms with Gasteiger partial charge in [-0.2, -0.15) is 0 Å². The molecule has 0 aliphatic heterocycles. The van der Waals surface area contributed by atoms with Crippen LogP contribution in [0.4, 0.5) is 0 Å². The molecule has 0 N–H and O–H groups in total. The van der Waals surface area contributed by atoms with E-state index in [4.69, 9.17) is 0 Å². The van der Waals surface area contributed by atoms with Crippen LogP contribution in [0.1, 0.15) is 13.3 Å². The van der Waals surface area contributed by atoms with E-state index in [-0.39, 0.29) is 35.3 Å². The Kier molecular flexibility index (Phi) is 11.2. The van der Waals surface area contributed by atoms with Gasteiger partial charge < -0.3 is 4.55 Å². The van der Waals surface area contributed by atoms with Crippen LogP contribution < -0.4 is 40.2 Å². The van der Waals surface area contributed by atoms with E-state index in [0.29, 0.717) is 6.42 Å². The Morgan fingerprint density at radius 2 is 1.29 bits per heavy atom. The average Bonchev–Trinajstić information content (AvgIpc) is 2.40. The van der Waals surface area contributed by atoms with E-state index in [9.17, 15) is 13.0 Å². The number of rotatable bonds is 4. The molecule has 2 rings (SSSR count). The summed E-state index contributed by atoms with van der Waals surface area (Å²) in [6.45, 7) is 1.65. The number of benzene rings is 2. The first kappa shape index (κ1) is 20.8. The van der Waals surface area contributed by atoms with Crippen LogP contribution >= 0.6 is 8.58 Å². The molecule has 3 nitrogen and oxygen atoms in total. The molecule has 0 aromatic heterocycles. The summed E-state index contributed by atoms with van der Waals surface area (Å²) in [5, 5.41) is 2.79. The van der Waals surface area contributed by atoms with Crippen molar-refractivity contribution in [1.82, 2.24) is 0 Å². The van der Waals surface area contributed by atoms with Crippen molar-refractivity contribution in [3.8, 4) is 0 Å². The van der Waals surface area contributed by atoms with Crippen LogP contribution in [0.25, 0.3) is 0 Å². The third kappa shape index (κ3) is 11.1. The maximum atomic E-state index is 9.68. The van der Waals surface area contributed by atoms with Crippen molar-refractivity contribution in [3.63, 3.8) is 0 Å². The summed E-state index contributed by atoms with van der Waals surface area (Å²) in [7, 11) is -3.15. The largest absolute Gasteiger partial charge is 1.00 e. The molecule has 0 amide bonds. The summed E-state index contributed by atoms with van der Waals surface area (Å²) in [6.07, 6.45) is 0.409. The minimum Gasteiger partial charge on any atom is -0.748 e. The molecule has 0 heterocycles. The van der Waals surface area contributed by atoms with E-state index in [2.05, 4.69) is 60.7 Å². The van der Waals surface area contributed by atoms with Crippen molar-refractivity contribution in [3.05, 3.63) is 60.7 Å². The maximum absolute atomic E-state index is 9.68. The molecule has 0 saturated carbocycles. The third-order valence-electron chi connectivity index (χ3n) is 2.29. The van der Waals surface area contributed by atoms with Gasteiger partial charge in [0.25, 0.3) is 0 Å². The van der Waals surface area contributed by atoms with Gasteiger partial charge in [0.05, 0.1) is 10.1 Å². The normalized spacial score (nSPS) is 10.0. The zero-order valence-corrected chi connectivity index (χ0v) is 16.1. The standard InChI is InChI=1S/C12H11P.C3H8O3S.Na/c1-3-7-11(8-4-1)13-12-9-5-2-6-10-12;1-2-3-7(4,5)6;/h1-10,13H;2-3H2,1H3,(H,4,5,6);/q;;+1/p-1. The summed E-state index contributed by atoms with van der Waals surface area (Å²) in [5.41, 5.74) is 0. The minimum atomic E-state index is -3.92. The molecule has 0 atom stereocenters. The molecule has 108 valence electrons. The van der Waals surface area contributed by atoms with Gasteiger partial charge in [0.2, 0.25) is 0 Å². The molecule has 2 aromatic rings. The Morgan fingerprint density at radius 3 is 1.52 bits per heavy atom. The second-order valence-corrected chi connectivity index (χ2v) is 7.05. The number of hydrogen-bond donors (Lipinski definition) is 0. The van der Waals surface area contributed by atoms with Crippen molar-refractivity contribution in [1.29, 1.82) is 0 Å². The van der Waals surface area contributed by atoms with E-state index in [0.717, 1.165) is 8.58 Å². The zero-order valence-electron chi connectivity index (χ0n) is 12.3. The van der Waals surface area contributed by atoms with Gasteiger partial charge >= 0.3 is 29.6 Å². The van der Waals surface area contributed by atoms with Crippen LogP contribution in [0, 0.1) is 0 Å². The topological polar surface area (TPSA) is 57.2 Å². The van der Waals surface area contributed by atoms with Gasteiger partial charge in [-0.25, -0.2) is 8.42 Å². The molecule has 6 heteroatoms. The summed E-state index contributed by atoms with van der Waals surface area (Å²) >= 11 is 0. The second-order valence-electron chi connectivity index (χ2n) is 4.12. The monoisotopic (exact) mass is 332 g/mol. The molecular weight excluding hydrogens is 314 g/mol. The summed E-state index contributed by atoms with van der Waals surface area (Å²) in [4.78, 5) is 0. The Bertz CT molecular complexity index is 551. The van der Waals surface area contributed by atoms with Crippen LogP contribution in [-0.2, 0) is 10.1 Å². The first-order valence-corrected chi connectivity index (χ1v) is 8.89. The second kappa shape index (κ2) is 11.4. The molecule has 2 aromatic carbocycles. The molecule has 0 bridgehead atoms. The quantitative estimate of drug-likeness (QED) is 0.421. The van der Waals surface area contributed by atoms with Gasteiger partial charge in [-0.1, -0.05) is 76.2 Å². The molecule has 0 radical (unpaired) electrons. The predicted molar refractivity (Wildman–Crippen MR) is 85.3 cm³/mol. The van der Waals surface area contributed by atoms with Crippen LogP contribution in [0.2, 0.25) is 0 Å². The molecule has 0 unspecified atom stereocenters. The van der Waals surface area contributed by atoms with Crippen LogP contribution in [0.3, 0.4) is 0 Å². The van der Waals surface area contributed by atoms with Crippen LogP contribution in [0.5, 0.6) is 0 Å². The van der Waals surface area contributed by atoms with Gasteiger partial charge in [0.1, 0.15) is 0 Å². The fourth-order valence-corrected chi connectivity index (χ4v) is 3.01. The SMILES string of the molecule is CCCS(=O)(=O)[O-].[Na+].c1ccc(Pc2ccccc2)cc1. The van der Waals surface area contributed by atoms with Crippen molar-refractivity contribution >= 4 is 29.3 Å². The van der Waals surface area contributed by atoms with E-state index in [1.807, 2.05) is 0 Å². The van der Waals surface area contributed by atoms with E-state index >= 15 is 0 Å². The van der Waals surface area contributed by atoms with Crippen molar-refractivity contribution in [2.24, 2.45) is 0 Å². The summed E-state index contributed by atoms with van der Waals surface area (Å²) < 4.78 is 29.0. The minimum absolute atomic E-state index is 0. The van der Waals surface area contributed by atoms with E-state index < -0.39 is 10.1 Å². The van der Waals surface area contributed by atoms with E-state index in [1.165, 1.54) is 10.6 Å². The third-order valence-corrected chi connectivity index (χ3v) is 4.44. The first-order chi connectivity index (χ1) is 9.51. The molecule has 0 aliphatic carbocycles. The Morgan fingerprint density at radius 1 is 0.905 bits per heavy atom. The smallest absolute Gasteiger partial charge is 0.748 e. The fraction of sp³-hybridized carbons (Fsp3) is 0.200. The Hall–Kier alpha value is -0.220. The fourth-order valence-electron chi connectivity index (χ4n) is 1.46.